The van der Waals surface area contributed by atoms with Crippen molar-refractivity contribution in [2.75, 3.05) is 0 Å². The summed E-state index contributed by atoms with van der Waals surface area (Å²) in [4.78, 5) is 11.6. The van der Waals surface area contributed by atoms with Gasteiger partial charge in [0, 0.05) is 16.3 Å². The molecule has 0 radical (unpaired) electrons. The third-order valence-electron chi connectivity index (χ3n) is 2.96. The number of aromatic nitrogens is 3. The van der Waals surface area contributed by atoms with Gasteiger partial charge in [0.15, 0.2) is 5.16 Å². The summed E-state index contributed by atoms with van der Waals surface area (Å²) in [7, 11) is 0. The average molecular weight is 344 g/mol. The molecule has 0 saturated heterocycles. The lowest BCUT2D eigenvalue weighted by Gasteiger charge is -2.05. The van der Waals surface area contributed by atoms with Crippen molar-refractivity contribution in [2.45, 2.75) is 29.8 Å². The minimum Gasteiger partial charge on any atom is -0.267 e. The smallest absolute Gasteiger partial charge is 0.267 e. The summed E-state index contributed by atoms with van der Waals surface area (Å²) in [5.41, 5.74) is 0.423. The number of hydrogen-bond donors (Lipinski definition) is 1. The Bertz CT molecular complexity index is 665. The lowest BCUT2D eigenvalue weighted by molar-refractivity contribution is 0.615. The number of halogens is 2. The monoisotopic (exact) mass is 343 g/mol. The van der Waals surface area contributed by atoms with Gasteiger partial charge in [-0.05, 0) is 30.5 Å². The van der Waals surface area contributed by atoms with Gasteiger partial charge in [0.1, 0.15) is 5.82 Å². The maximum absolute atomic E-state index is 13.7. The Labute approximate surface area is 121 Å². The van der Waals surface area contributed by atoms with Gasteiger partial charge in [-0.25, -0.2) is 14.3 Å². The highest BCUT2D eigenvalue weighted by Gasteiger charge is 2.28. The minimum absolute atomic E-state index is 0.179. The van der Waals surface area contributed by atoms with Crippen molar-refractivity contribution < 1.29 is 4.39 Å². The largest absolute Gasteiger partial charge is 0.344 e. The molecular formula is C12H11BrFN3OS. The van der Waals surface area contributed by atoms with Crippen LogP contribution in [0.1, 0.15) is 24.4 Å². The third-order valence-corrected chi connectivity index (χ3v) is 4.45. The third kappa shape index (κ3) is 2.76. The Morgan fingerprint density at radius 1 is 1.53 bits per heavy atom. The van der Waals surface area contributed by atoms with E-state index in [4.69, 9.17) is 0 Å². The van der Waals surface area contributed by atoms with E-state index in [0.717, 1.165) is 12.8 Å². The predicted molar refractivity (Wildman–Crippen MR) is 74.8 cm³/mol. The van der Waals surface area contributed by atoms with E-state index in [1.54, 1.807) is 16.7 Å². The lowest BCUT2D eigenvalue weighted by atomic mass is 10.2. The second-order valence-corrected chi connectivity index (χ2v) is 6.30. The molecule has 3 rings (SSSR count). The lowest BCUT2D eigenvalue weighted by Crippen LogP contribution is -2.16. The molecule has 1 aromatic carbocycles. The van der Waals surface area contributed by atoms with Crippen LogP contribution < -0.4 is 5.69 Å². The summed E-state index contributed by atoms with van der Waals surface area (Å²) < 4.78 is 16.1. The molecule has 4 nitrogen and oxygen atoms in total. The number of benzene rings is 1. The molecule has 0 amide bonds. The number of nitrogens with zero attached hydrogens (tertiary/aromatic N) is 2. The molecule has 1 aliphatic carbocycles. The van der Waals surface area contributed by atoms with Crippen LogP contribution in [0.3, 0.4) is 0 Å². The van der Waals surface area contributed by atoms with Crippen molar-refractivity contribution in [1.29, 1.82) is 0 Å². The van der Waals surface area contributed by atoms with Crippen LogP contribution >= 0.6 is 27.7 Å². The summed E-state index contributed by atoms with van der Waals surface area (Å²) in [6.45, 7) is 0. The Morgan fingerprint density at radius 2 is 2.32 bits per heavy atom. The Hall–Kier alpha value is -1.08. The van der Waals surface area contributed by atoms with Gasteiger partial charge < -0.3 is 0 Å². The van der Waals surface area contributed by atoms with Gasteiger partial charge in [0.05, 0.1) is 0 Å². The van der Waals surface area contributed by atoms with E-state index in [9.17, 15) is 9.18 Å². The Morgan fingerprint density at radius 3 is 3.00 bits per heavy atom. The first-order valence-electron chi connectivity index (χ1n) is 5.89. The molecular weight excluding hydrogens is 333 g/mol. The van der Waals surface area contributed by atoms with Crippen LogP contribution in [-0.4, -0.2) is 14.8 Å². The van der Waals surface area contributed by atoms with Crippen molar-refractivity contribution in [3.63, 3.8) is 0 Å². The fourth-order valence-corrected chi connectivity index (χ4v) is 3.16. The van der Waals surface area contributed by atoms with E-state index in [1.165, 1.54) is 17.8 Å². The highest BCUT2D eigenvalue weighted by molar-refractivity contribution is 9.10. The van der Waals surface area contributed by atoms with Crippen molar-refractivity contribution in [1.82, 2.24) is 14.8 Å². The molecule has 0 atom stereocenters. The van der Waals surface area contributed by atoms with Crippen LogP contribution in [0.25, 0.3) is 0 Å². The maximum atomic E-state index is 13.7. The normalized spacial score (nSPS) is 14.8. The van der Waals surface area contributed by atoms with Crippen LogP contribution in [0, 0.1) is 5.82 Å². The fraction of sp³-hybridized carbons (Fsp3) is 0.333. The molecule has 1 heterocycles. The van der Waals surface area contributed by atoms with Crippen LogP contribution in [0.4, 0.5) is 4.39 Å². The maximum Gasteiger partial charge on any atom is 0.344 e. The van der Waals surface area contributed by atoms with E-state index < -0.39 is 0 Å². The number of aromatic amines is 1. The molecule has 2 aromatic rings. The van der Waals surface area contributed by atoms with Gasteiger partial charge in [-0.15, -0.1) is 5.10 Å². The average Bonchev–Trinajstić information content (AvgIpc) is 3.13. The van der Waals surface area contributed by atoms with Gasteiger partial charge in [-0.3, -0.25) is 4.57 Å². The van der Waals surface area contributed by atoms with E-state index in [1.807, 2.05) is 0 Å². The van der Waals surface area contributed by atoms with Crippen LogP contribution in [0.2, 0.25) is 0 Å². The summed E-state index contributed by atoms with van der Waals surface area (Å²) >= 11 is 4.60. The Balaban J connectivity index is 1.77. The number of rotatable bonds is 4. The van der Waals surface area contributed by atoms with Gasteiger partial charge >= 0.3 is 5.69 Å². The summed E-state index contributed by atoms with van der Waals surface area (Å²) in [6.07, 6.45) is 2.03. The molecule has 0 aliphatic heterocycles. The van der Waals surface area contributed by atoms with E-state index in [2.05, 4.69) is 26.1 Å². The molecule has 1 fully saturated rings. The minimum atomic E-state index is -0.252. The molecule has 1 aromatic heterocycles. The molecule has 1 N–H and O–H groups in total. The van der Waals surface area contributed by atoms with Gasteiger partial charge in [0.25, 0.3) is 0 Å². The van der Waals surface area contributed by atoms with Crippen LogP contribution in [-0.2, 0) is 5.75 Å². The van der Waals surface area contributed by atoms with Crippen LogP contribution in [0.5, 0.6) is 0 Å². The Kier molecular flexibility index (Phi) is 3.49. The van der Waals surface area contributed by atoms with Crippen LogP contribution in [0.15, 0.2) is 32.6 Å². The van der Waals surface area contributed by atoms with Gasteiger partial charge in [0.2, 0.25) is 0 Å². The number of H-pyrrole nitrogens is 1. The molecule has 1 saturated carbocycles. The zero-order valence-electron chi connectivity index (χ0n) is 9.90. The molecule has 19 heavy (non-hydrogen) atoms. The van der Waals surface area contributed by atoms with E-state index in [0.29, 0.717) is 20.9 Å². The van der Waals surface area contributed by atoms with E-state index in [-0.39, 0.29) is 17.5 Å². The molecule has 100 valence electrons. The highest BCUT2D eigenvalue weighted by Crippen LogP contribution is 2.36. The topological polar surface area (TPSA) is 50.7 Å². The van der Waals surface area contributed by atoms with Crippen molar-refractivity contribution in [3.8, 4) is 0 Å². The summed E-state index contributed by atoms with van der Waals surface area (Å²) in [5, 5.41) is 7.08. The molecule has 0 spiro atoms. The van der Waals surface area contributed by atoms with Crippen molar-refractivity contribution in [2.24, 2.45) is 0 Å². The summed E-state index contributed by atoms with van der Waals surface area (Å²) in [6, 6.07) is 5.24. The number of nitrogens with one attached hydrogen (secondary N) is 1. The number of hydrogen-bond acceptors (Lipinski definition) is 3. The molecule has 0 bridgehead atoms. The number of thioether (sulfide) groups is 1. The molecule has 1 aliphatic rings. The first kappa shape index (κ1) is 12.9. The molecule has 0 unspecified atom stereocenters. The first-order valence-corrected chi connectivity index (χ1v) is 7.66. The quantitative estimate of drug-likeness (QED) is 0.868. The first-order chi connectivity index (χ1) is 9.15. The summed E-state index contributed by atoms with van der Waals surface area (Å²) in [5.74, 6) is 0.202. The highest BCUT2D eigenvalue weighted by atomic mass is 79.9. The van der Waals surface area contributed by atoms with Crippen molar-refractivity contribution in [3.05, 3.63) is 44.5 Å². The zero-order valence-corrected chi connectivity index (χ0v) is 12.3. The van der Waals surface area contributed by atoms with Gasteiger partial charge in [-0.1, -0.05) is 33.8 Å². The molecule has 7 heteroatoms. The SMILES string of the molecule is O=c1[nH]nc(SCc2ccc(Br)cc2F)n1C1CC1. The fourth-order valence-electron chi connectivity index (χ4n) is 1.83. The van der Waals surface area contributed by atoms with Crippen molar-refractivity contribution >= 4 is 27.7 Å². The van der Waals surface area contributed by atoms with Gasteiger partial charge in [-0.2, -0.15) is 0 Å². The second kappa shape index (κ2) is 5.13. The second-order valence-electron chi connectivity index (χ2n) is 4.44. The van der Waals surface area contributed by atoms with E-state index >= 15 is 0 Å². The zero-order chi connectivity index (χ0) is 13.4. The predicted octanol–water partition coefficient (Wildman–Crippen LogP) is 3.10. The standard InChI is InChI=1S/C12H11BrFN3OS/c13-8-2-1-7(10(14)5-8)6-19-12-16-15-11(18)17(12)9-3-4-9/h1-2,5,9H,3-4,6H2,(H,15,18).